The Kier molecular flexibility index (Phi) is 7.19. The first-order chi connectivity index (χ1) is 10.7. The third kappa shape index (κ3) is 6.80. The van der Waals surface area contributed by atoms with Gasteiger partial charge < -0.3 is 14.8 Å². The number of carbonyl (C=O) groups excluding carboxylic acids is 4. The fourth-order valence-electron chi connectivity index (χ4n) is 2.36. The van der Waals surface area contributed by atoms with Crippen molar-refractivity contribution < 1.29 is 23.9 Å². The van der Waals surface area contributed by atoms with Gasteiger partial charge in [0, 0.05) is 19.4 Å². The molecule has 0 aliphatic carbocycles. The monoisotopic (exact) mass is 326 g/mol. The van der Waals surface area contributed by atoms with Crippen molar-refractivity contribution in [2.45, 2.75) is 70.9 Å². The Labute approximate surface area is 136 Å². The highest BCUT2D eigenvalue weighted by Crippen LogP contribution is 2.19. The van der Waals surface area contributed by atoms with Gasteiger partial charge in [-0.25, -0.2) is 4.79 Å². The number of nitrogens with zero attached hydrogens (tertiary/aromatic N) is 1. The van der Waals surface area contributed by atoms with E-state index >= 15 is 0 Å². The van der Waals surface area contributed by atoms with Crippen LogP contribution in [-0.4, -0.2) is 47.3 Å². The number of ether oxygens (including phenoxy) is 1. The lowest BCUT2D eigenvalue weighted by molar-refractivity contribution is -0.145. The topological polar surface area (TPSA) is 92.8 Å². The Bertz CT molecular complexity index is 456. The van der Waals surface area contributed by atoms with Gasteiger partial charge in [0.15, 0.2) is 0 Å². The van der Waals surface area contributed by atoms with Crippen LogP contribution in [0.2, 0.25) is 0 Å². The number of aldehydes is 1. The van der Waals surface area contributed by atoms with Crippen LogP contribution in [0.4, 0.5) is 4.79 Å². The second kappa shape index (κ2) is 8.64. The molecule has 1 atom stereocenters. The second-order valence-corrected chi connectivity index (χ2v) is 6.64. The quantitative estimate of drug-likeness (QED) is 0.569. The zero-order chi connectivity index (χ0) is 17.5. The molecule has 1 saturated heterocycles. The second-order valence-electron chi connectivity index (χ2n) is 6.64. The maximum Gasteiger partial charge on any atom is 0.407 e. The summed E-state index contributed by atoms with van der Waals surface area (Å²) in [6.45, 7) is 5.86. The molecule has 1 aliphatic rings. The third-order valence-electron chi connectivity index (χ3n) is 3.42. The predicted octanol–water partition coefficient (Wildman–Crippen LogP) is 1.79. The van der Waals surface area contributed by atoms with Gasteiger partial charge in [-0.3, -0.25) is 14.5 Å². The highest BCUT2D eigenvalue weighted by molar-refractivity contribution is 5.99. The fraction of sp³-hybridized carbons (Fsp3) is 0.750. The minimum atomic E-state index is -0.594. The molecule has 0 aromatic carbocycles. The van der Waals surface area contributed by atoms with Gasteiger partial charge in [-0.05, 0) is 40.0 Å². The van der Waals surface area contributed by atoms with Crippen LogP contribution in [-0.2, 0) is 19.1 Å². The number of amides is 3. The van der Waals surface area contributed by atoms with Gasteiger partial charge in [0.1, 0.15) is 11.9 Å². The van der Waals surface area contributed by atoms with E-state index in [4.69, 9.17) is 4.74 Å². The predicted molar refractivity (Wildman–Crippen MR) is 83.6 cm³/mol. The van der Waals surface area contributed by atoms with Crippen molar-refractivity contribution in [1.82, 2.24) is 10.2 Å². The molecule has 0 radical (unpaired) electrons. The summed E-state index contributed by atoms with van der Waals surface area (Å²) in [4.78, 5) is 46.9. The smallest absolute Gasteiger partial charge is 0.407 e. The summed E-state index contributed by atoms with van der Waals surface area (Å²) in [6.07, 6.45) is 3.21. The van der Waals surface area contributed by atoms with Gasteiger partial charge in [0.05, 0.1) is 6.04 Å². The van der Waals surface area contributed by atoms with Crippen LogP contribution < -0.4 is 5.32 Å². The lowest BCUT2D eigenvalue weighted by atomic mass is 10.1. The van der Waals surface area contributed by atoms with Gasteiger partial charge in [0.25, 0.3) is 0 Å². The van der Waals surface area contributed by atoms with Crippen molar-refractivity contribution >= 4 is 24.2 Å². The number of imide groups is 1. The molecule has 1 aliphatic heterocycles. The Balaban J connectivity index is 2.15. The van der Waals surface area contributed by atoms with Crippen molar-refractivity contribution in [2.24, 2.45) is 0 Å². The van der Waals surface area contributed by atoms with Crippen molar-refractivity contribution in [2.75, 3.05) is 6.54 Å². The number of unbranched alkanes of at least 4 members (excludes halogenated alkanes) is 2. The number of rotatable bonds is 7. The van der Waals surface area contributed by atoms with Gasteiger partial charge in [-0.1, -0.05) is 6.42 Å². The van der Waals surface area contributed by atoms with E-state index in [9.17, 15) is 19.2 Å². The number of carbonyl (C=O) groups is 4. The molecule has 130 valence electrons. The molecular weight excluding hydrogens is 300 g/mol. The van der Waals surface area contributed by atoms with Crippen LogP contribution in [0.15, 0.2) is 0 Å². The first-order valence-electron chi connectivity index (χ1n) is 8.01. The Morgan fingerprint density at radius 1 is 1.30 bits per heavy atom. The van der Waals surface area contributed by atoms with Crippen LogP contribution in [0.1, 0.15) is 59.3 Å². The van der Waals surface area contributed by atoms with E-state index in [0.29, 0.717) is 25.7 Å². The van der Waals surface area contributed by atoms with E-state index in [1.54, 1.807) is 20.8 Å². The summed E-state index contributed by atoms with van der Waals surface area (Å²) in [5.41, 5.74) is -0.520. The van der Waals surface area contributed by atoms with Crippen LogP contribution in [0.5, 0.6) is 0 Å². The average Bonchev–Trinajstić information content (AvgIpc) is 2.81. The highest BCUT2D eigenvalue weighted by Gasteiger charge is 2.34. The Morgan fingerprint density at radius 2 is 2.00 bits per heavy atom. The summed E-state index contributed by atoms with van der Waals surface area (Å²) in [7, 11) is 0. The number of likely N-dealkylation sites (tertiary alicyclic amines) is 1. The maximum atomic E-state index is 12.0. The van der Waals surface area contributed by atoms with E-state index in [1.165, 1.54) is 0 Å². The van der Waals surface area contributed by atoms with Crippen molar-refractivity contribution in [3.63, 3.8) is 0 Å². The van der Waals surface area contributed by atoms with E-state index in [0.717, 1.165) is 17.7 Å². The fourth-order valence-corrected chi connectivity index (χ4v) is 2.36. The molecule has 23 heavy (non-hydrogen) atoms. The zero-order valence-corrected chi connectivity index (χ0v) is 14.1. The summed E-state index contributed by atoms with van der Waals surface area (Å²) in [6, 6.07) is -0.594. The molecule has 0 aromatic heterocycles. The van der Waals surface area contributed by atoms with Gasteiger partial charge >= 0.3 is 6.09 Å². The molecule has 7 nitrogen and oxygen atoms in total. The molecule has 3 amide bonds. The standard InChI is InChI=1S/C16H26N2O5/c1-16(2,3)23-15(22)17-10-6-4-5-7-13(20)18-12(11-19)8-9-14(18)21/h11-12H,4-10H2,1-3H3,(H,17,22)/t12-/m0/s1. The maximum absolute atomic E-state index is 12.0. The Morgan fingerprint density at radius 3 is 2.61 bits per heavy atom. The van der Waals surface area contributed by atoms with E-state index in [-0.39, 0.29) is 24.7 Å². The van der Waals surface area contributed by atoms with E-state index < -0.39 is 17.7 Å². The molecule has 1 heterocycles. The molecule has 0 saturated carbocycles. The number of nitrogens with one attached hydrogen (secondary N) is 1. The number of hydrogen-bond donors (Lipinski definition) is 1. The normalized spacial score (nSPS) is 18.0. The van der Waals surface area contributed by atoms with Gasteiger partial charge in [-0.15, -0.1) is 0 Å². The van der Waals surface area contributed by atoms with Crippen molar-refractivity contribution in [1.29, 1.82) is 0 Å². The van der Waals surface area contributed by atoms with Crippen LogP contribution in [0.25, 0.3) is 0 Å². The van der Waals surface area contributed by atoms with Crippen LogP contribution in [0.3, 0.4) is 0 Å². The number of alkyl carbamates (subject to hydrolysis) is 1. The zero-order valence-electron chi connectivity index (χ0n) is 14.1. The first-order valence-corrected chi connectivity index (χ1v) is 8.01. The summed E-state index contributed by atoms with van der Waals surface area (Å²) >= 11 is 0. The summed E-state index contributed by atoms with van der Waals surface area (Å²) in [5.74, 6) is -0.552. The SMILES string of the molecule is CC(C)(C)OC(=O)NCCCCCC(=O)N1C(=O)CC[C@H]1C=O. The minimum absolute atomic E-state index is 0.239. The van der Waals surface area contributed by atoms with Gasteiger partial charge in [0.2, 0.25) is 11.8 Å². The lowest BCUT2D eigenvalue weighted by Crippen LogP contribution is -2.39. The molecule has 0 spiro atoms. The molecular formula is C16H26N2O5. The summed E-state index contributed by atoms with van der Waals surface area (Å²) in [5, 5.41) is 2.65. The first kappa shape index (κ1) is 19.1. The van der Waals surface area contributed by atoms with Gasteiger partial charge in [-0.2, -0.15) is 0 Å². The number of hydrogen-bond acceptors (Lipinski definition) is 5. The minimum Gasteiger partial charge on any atom is -0.444 e. The lowest BCUT2D eigenvalue weighted by Gasteiger charge is -2.19. The average molecular weight is 326 g/mol. The largest absolute Gasteiger partial charge is 0.444 e. The molecule has 1 fully saturated rings. The molecule has 7 heteroatoms. The molecule has 0 bridgehead atoms. The van der Waals surface area contributed by atoms with Crippen molar-refractivity contribution in [3.05, 3.63) is 0 Å². The Hall–Kier alpha value is -1.92. The third-order valence-corrected chi connectivity index (χ3v) is 3.42. The van der Waals surface area contributed by atoms with E-state index in [2.05, 4.69) is 5.32 Å². The van der Waals surface area contributed by atoms with Crippen LogP contribution in [0, 0.1) is 0 Å². The van der Waals surface area contributed by atoms with Crippen LogP contribution >= 0.6 is 0 Å². The summed E-state index contributed by atoms with van der Waals surface area (Å²) < 4.78 is 5.10. The molecule has 1 rings (SSSR count). The highest BCUT2D eigenvalue weighted by atomic mass is 16.6. The van der Waals surface area contributed by atoms with E-state index in [1.807, 2.05) is 0 Å². The molecule has 0 aromatic rings. The van der Waals surface area contributed by atoms with Crippen molar-refractivity contribution in [3.8, 4) is 0 Å². The molecule has 0 unspecified atom stereocenters. The molecule has 1 N–H and O–H groups in total.